The summed E-state index contributed by atoms with van der Waals surface area (Å²) in [6.07, 6.45) is 5.02. The van der Waals surface area contributed by atoms with Gasteiger partial charge in [-0.1, -0.05) is 31.2 Å². The van der Waals surface area contributed by atoms with Crippen LogP contribution in [0.3, 0.4) is 0 Å². The fraction of sp³-hybridized carbons (Fsp3) is 0.519. The molecule has 0 unspecified atom stereocenters. The molecule has 2 aromatic rings. The summed E-state index contributed by atoms with van der Waals surface area (Å²) >= 11 is 0. The SMILES string of the molecule is [C-]#[N+]c1ccc(CCN2CCC(C)(CCN(C)c3ccc(OC(C)C)cc3)CC2)cc1. The lowest BCUT2D eigenvalue weighted by molar-refractivity contribution is 0.113. The molecule has 3 rings (SSSR count). The lowest BCUT2D eigenvalue weighted by atomic mass is 9.77. The Morgan fingerprint density at radius 1 is 1.06 bits per heavy atom. The Bertz CT molecular complexity index is 844. The number of piperidine rings is 1. The Balaban J connectivity index is 1.41. The first-order valence-corrected chi connectivity index (χ1v) is 11.5. The van der Waals surface area contributed by atoms with Crippen LogP contribution in [0.4, 0.5) is 11.4 Å². The monoisotopic (exact) mass is 419 g/mol. The quantitative estimate of drug-likeness (QED) is 0.452. The van der Waals surface area contributed by atoms with Crippen molar-refractivity contribution in [1.29, 1.82) is 0 Å². The number of benzene rings is 2. The first-order chi connectivity index (χ1) is 14.9. The molecule has 4 nitrogen and oxygen atoms in total. The molecule has 0 aliphatic carbocycles. The normalized spacial score (nSPS) is 16.1. The molecule has 0 bridgehead atoms. The number of nitrogens with zero attached hydrogens (tertiary/aromatic N) is 3. The van der Waals surface area contributed by atoms with Gasteiger partial charge in [0.05, 0.1) is 12.7 Å². The van der Waals surface area contributed by atoms with E-state index in [0.29, 0.717) is 5.41 Å². The van der Waals surface area contributed by atoms with Crippen LogP contribution in [0, 0.1) is 12.0 Å². The molecule has 1 aliphatic rings. The summed E-state index contributed by atoms with van der Waals surface area (Å²) in [6, 6.07) is 16.5. The molecule has 1 aliphatic heterocycles. The third-order valence-electron chi connectivity index (χ3n) is 6.55. The van der Waals surface area contributed by atoms with E-state index in [2.05, 4.69) is 78.9 Å². The van der Waals surface area contributed by atoms with Crippen molar-refractivity contribution in [3.8, 4) is 5.75 Å². The molecule has 4 heteroatoms. The molecule has 0 saturated carbocycles. The van der Waals surface area contributed by atoms with Crippen LogP contribution in [-0.4, -0.2) is 44.2 Å². The van der Waals surface area contributed by atoms with Gasteiger partial charge in [0.15, 0.2) is 5.69 Å². The molecule has 1 saturated heterocycles. The standard InChI is InChI=1S/C27H37N3O/c1-22(2)31-26-12-10-25(11-13-26)29(5)19-15-27(3)16-20-30(21-17-27)18-14-23-6-8-24(28-4)9-7-23/h6-13,22H,14-21H2,1-3,5H3. The Morgan fingerprint density at radius 3 is 2.29 bits per heavy atom. The van der Waals surface area contributed by atoms with Crippen LogP contribution >= 0.6 is 0 Å². The summed E-state index contributed by atoms with van der Waals surface area (Å²) in [7, 11) is 2.19. The molecule has 2 aromatic carbocycles. The molecule has 31 heavy (non-hydrogen) atoms. The van der Waals surface area contributed by atoms with Crippen molar-refractivity contribution in [2.45, 2.75) is 52.6 Å². The second kappa shape index (κ2) is 10.7. The van der Waals surface area contributed by atoms with Gasteiger partial charge in [-0.2, -0.15) is 0 Å². The molecule has 0 atom stereocenters. The van der Waals surface area contributed by atoms with E-state index in [-0.39, 0.29) is 6.10 Å². The third kappa shape index (κ3) is 7.01. The lowest BCUT2D eigenvalue weighted by Crippen LogP contribution is -2.41. The number of hydrogen-bond acceptors (Lipinski definition) is 3. The van der Waals surface area contributed by atoms with Crippen molar-refractivity contribution in [3.63, 3.8) is 0 Å². The van der Waals surface area contributed by atoms with E-state index in [9.17, 15) is 0 Å². The van der Waals surface area contributed by atoms with Crippen LogP contribution in [0.2, 0.25) is 0 Å². The van der Waals surface area contributed by atoms with Crippen molar-refractivity contribution >= 4 is 11.4 Å². The van der Waals surface area contributed by atoms with Crippen LogP contribution in [0.1, 0.15) is 45.6 Å². The molecule has 166 valence electrons. The second-order valence-corrected chi connectivity index (χ2v) is 9.51. The van der Waals surface area contributed by atoms with Crippen molar-refractivity contribution in [2.24, 2.45) is 5.41 Å². The van der Waals surface area contributed by atoms with Crippen LogP contribution in [-0.2, 0) is 6.42 Å². The summed E-state index contributed by atoms with van der Waals surface area (Å²) < 4.78 is 5.75. The zero-order valence-corrected chi connectivity index (χ0v) is 19.6. The van der Waals surface area contributed by atoms with Crippen molar-refractivity contribution in [2.75, 3.05) is 38.1 Å². The van der Waals surface area contributed by atoms with Gasteiger partial charge in [0.2, 0.25) is 0 Å². The summed E-state index contributed by atoms with van der Waals surface area (Å²) in [5.41, 5.74) is 3.72. The Labute approximate surface area is 188 Å². The van der Waals surface area contributed by atoms with Crippen LogP contribution < -0.4 is 9.64 Å². The van der Waals surface area contributed by atoms with Gasteiger partial charge in [-0.15, -0.1) is 0 Å². The molecular formula is C27H37N3O. The fourth-order valence-corrected chi connectivity index (χ4v) is 4.21. The number of rotatable bonds is 9. The second-order valence-electron chi connectivity index (χ2n) is 9.51. The van der Waals surface area contributed by atoms with Gasteiger partial charge in [-0.25, -0.2) is 4.85 Å². The zero-order valence-electron chi connectivity index (χ0n) is 19.6. The highest BCUT2D eigenvalue weighted by Crippen LogP contribution is 2.35. The van der Waals surface area contributed by atoms with E-state index >= 15 is 0 Å². The zero-order chi connectivity index (χ0) is 22.3. The first-order valence-electron chi connectivity index (χ1n) is 11.5. The molecule has 0 radical (unpaired) electrons. The fourth-order valence-electron chi connectivity index (χ4n) is 4.21. The smallest absolute Gasteiger partial charge is 0.187 e. The van der Waals surface area contributed by atoms with Gasteiger partial charge >= 0.3 is 0 Å². The first kappa shape index (κ1) is 23.2. The predicted molar refractivity (Wildman–Crippen MR) is 130 cm³/mol. The van der Waals surface area contributed by atoms with E-state index in [4.69, 9.17) is 11.3 Å². The average molecular weight is 420 g/mol. The summed E-state index contributed by atoms with van der Waals surface area (Å²) in [6.45, 7) is 18.2. The minimum Gasteiger partial charge on any atom is -0.491 e. The Hall–Kier alpha value is -2.51. The maximum atomic E-state index is 7.06. The van der Waals surface area contributed by atoms with E-state index in [1.165, 1.54) is 43.6 Å². The minimum atomic E-state index is 0.208. The molecule has 0 amide bonds. The van der Waals surface area contributed by atoms with Gasteiger partial charge < -0.3 is 14.5 Å². The summed E-state index contributed by atoms with van der Waals surface area (Å²) in [5, 5.41) is 0. The molecule has 1 fully saturated rings. The van der Waals surface area contributed by atoms with Crippen LogP contribution in [0.25, 0.3) is 4.85 Å². The molecule has 0 aromatic heterocycles. The van der Waals surface area contributed by atoms with Gasteiger partial charge in [0.1, 0.15) is 5.75 Å². The maximum Gasteiger partial charge on any atom is 0.187 e. The van der Waals surface area contributed by atoms with Crippen molar-refractivity contribution < 1.29 is 4.74 Å². The lowest BCUT2D eigenvalue weighted by Gasteiger charge is -2.40. The molecule has 0 N–H and O–H groups in total. The number of likely N-dealkylation sites (tertiary alicyclic amines) is 1. The highest BCUT2D eigenvalue weighted by molar-refractivity contribution is 5.48. The van der Waals surface area contributed by atoms with Crippen LogP contribution in [0.15, 0.2) is 48.5 Å². The van der Waals surface area contributed by atoms with Crippen molar-refractivity contribution in [1.82, 2.24) is 4.90 Å². The summed E-state index contributed by atoms with van der Waals surface area (Å²) in [4.78, 5) is 8.43. The molecule has 1 heterocycles. The maximum absolute atomic E-state index is 7.06. The largest absolute Gasteiger partial charge is 0.491 e. The topological polar surface area (TPSA) is 20.1 Å². The Kier molecular flexibility index (Phi) is 7.98. The van der Waals surface area contributed by atoms with E-state index in [1.54, 1.807) is 0 Å². The van der Waals surface area contributed by atoms with Gasteiger partial charge in [0, 0.05) is 25.8 Å². The van der Waals surface area contributed by atoms with E-state index in [0.717, 1.165) is 30.9 Å². The van der Waals surface area contributed by atoms with Gasteiger partial charge in [-0.3, -0.25) is 0 Å². The Morgan fingerprint density at radius 2 is 1.71 bits per heavy atom. The summed E-state index contributed by atoms with van der Waals surface area (Å²) in [5.74, 6) is 0.939. The third-order valence-corrected chi connectivity index (χ3v) is 6.55. The molecular weight excluding hydrogens is 382 g/mol. The van der Waals surface area contributed by atoms with Crippen molar-refractivity contribution in [3.05, 3.63) is 65.5 Å². The minimum absolute atomic E-state index is 0.208. The van der Waals surface area contributed by atoms with Crippen LogP contribution in [0.5, 0.6) is 5.75 Å². The highest BCUT2D eigenvalue weighted by atomic mass is 16.5. The van der Waals surface area contributed by atoms with E-state index in [1.807, 2.05) is 12.1 Å². The molecule has 0 spiro atoms. The average Bonchev–Trinajstić information content (AvgIpc) is 2.78. The number of ether oxygens (including phenoxy) is 1. The van der Waals surface area contributed by atoms with Gasteiger partial charge in [-0.05, 0) is 87.9 Å². The highest BCUT2D eigenvalue weighted by Gasteiger charge is 2.29. The predicted octanol–water partition coefficient (Wildman–Crippen LogP) is 6.20. The van der Waals surface area contributed by atoms with Gasteiger partial charge in [0.25, 0.3) is 0 Å². The number of anilines is 1. The van der Waals surface area contributed by atoms with E-state index < -0.39 is 0 Å². The number of hydrogen-bond donors (Lipinski definition) is 0.